The minimum atomic E-state index is -4.35. The smallest absolute Gasteiger partial charge is 0.325 e. The SMILES string of the molecule is Cc1ccc(N(c2ccc(C)c(F)c2)C2C=CC(CCP(=O)(O)O)(CCP(=O)(O)O)C=C2)cc1F. The zero-order valence-corrected chi connectivity index (χ0v) is 21.2. The lowest BCUT2D eigenvalue weighted by molar-refractivity contribution is 0.347. The molecule has 0 aliphatic heterocycles. The Morgan fingerprint density at radius 1 is 0.800 bits per heavy atom. The van der Waals surface area contributed by atoms with Crippen molar-refractivity contribution in [2.24, 2.45) is 5.41 Å². The number of halogens is 2. The van der Waals surface area contributed by atoms with E-state index in [9.17, 15) is 37.5 Å². The van der Waals surface area contributed by atoms with Crippen molar-refractivity contribution in [2.45, 2.75) is 32.7 Å². The van der Waals surface area contributed by atoms with Gasteiger partial charge in [0.1, 0.15) is 11.6 Å². The van der Waals surface area contributed by atoms with Gasteiger partial charge in [-0.05, 0) is 62.1 Å². The van der Waals surface area contributed by atoms with E-state index in [4.69, 9.17) is 0 Å². The van der Waals surface area contributed by atoms with Crippen molar-refractivity contribution in [1.29, 1.82) is 0 Å². The van der Waals surface area contributed by atoms with Gasteiger partial charge in [-0.3, -0.25) is 9.13 Å². The Morgan fingerprint density at radius 3 is 1.54 bits per heavy atom. The molecule has 0 bridgehead atoms. The molecule has 0 unspecified atom stereocenters. The van der Waals surface area contributed by atoms with Gasteiger partial charge in [0, 0.05) is 16.8 Å². The zero-order valence-electron chi connectivity index (χ0n) is 19.4. The molecule has 0 spiro atoms. The van der Waals surface area contributed by atoms with Gasteiger partial charge in [-0.25, -0.2) is 8.78 Å². The van der Waals surface area contributed by atoms with E-state index in [1.54, 1.807) is 67.3 Å². The molecule has 0 saturated heterocycles. The summed E-state index contributed by atoms with van der Waals surface area (Å²) in [7, 11) is -8.69. The van der Waals surface area contributed by atoms with Crippen LogP contribution in [0, 0.1) is 30.9 Å². The van der Waals surface area contributed by atoms with Crippen LogP contribution in [0.25, 0.3) is 0 Å². The van der Waals surface area contributed by atoms with Gasteiger partial charge in [-0.2, -0.15) is 0 Å². The van der Waals surface area contributed by atoms with Gasteiger partial charge in [0.05, 0.1) is 18.4 Å². The molecular formula is C24H29F2NO6P2. The third-order valence-electron chi connectivity index (χ3n) is 6.15. The second-order valence-electron chi connectivity index (χ2n) is 8.96. The van der Waals surface area contributed by atoms with Crippen molar-refractivity contribution in [3.05, 3.63) is 83.5 Å². The van der Waals surface area contributed by atoms with Crippen LogP contribution in [0.4, 0.5) is 20.2 Å². The van der Waals surface area contributed by atoms with Crippen LogP contribution in [0.2, 0.25) is 0 Å². The second-order valence-corrected chi connectivity index (χ2v) is 12.5. The van der Waals surface area contributed by atoms with Gasteiger partial charge in [0.15, 0.2) is 0 Å². The Balaban J connectivity index is 2.00. The maximum absolute atomic E-state index is 14.4. The summed E-state index contributed by atoms with van der Waals surface area (Å²) < 4.78 is 51.8. The summed E-state index contributed by atoms with van der Waals surface area (Å²) in [4.78, 5) is 39.1. The molecule has 2 aromatic rings. The standard InChI is InChI=1S/C24H29F2NO6P2/c1-17-3-5-20(15-22(17)25)27(21-6-4-18(2)23(26)16-21)19-7-9-24(10-8-19,11-13-34(28,29)30)12-14-35(31,32)33/h3-10,15-16,19H,11-14H2,1-2H3,(H2,28,29,30)(H2,31,32,33). The van der Waals surface area contributed by atoms with E-state index in [2.05, 4.69) is 0 Å². The van der Waals surface area contributed by atoms with Crippen molar-refractivity contribution < 1.29 is 37.5 Å². The van der Waals surface area contributed by atoms with Gasteiger partial charge in [0.2, 0.25) is 0 Å². The van der Waals surface area contributed by atoms with E-state index in [1.165, 1.54) is 12.1 Å². The van der Waals surface area contributed by atoms with Crippen LogP contribution in [0.5, 0.6) is 0 Å². The molecule has 7 nitrogen and oxygen atoms in total. The van der Waals surface area contributed by atoms with E-state index in [0.29, 0.717) is 22.5 Å². The van der Waals surface area contributed by atoms with Gasteiger partial charge in [-0.15, -0.1) is 0 Å². The van der Waals surface area contributed by atoms with Crippen LogP contribution in [-0.4, -0.2) is 37.9 Å². The molecule has 0 radical (unpaired) electrons. The molecule has 0 aromatic heterocycles. The summed E-state index contributed by atoms with van der Waals surface area (Å²) in [5.74, 6) is -0.858. The average Bonchev–Trinajstić information content (AvgIpc) is 2.76. The second kappa shape index (κ2) is 10.5. The number of anilines is 2. The highest BCUT2D eigenvalue weighted by Gasteiger charge is 2.33. The minimum Gasteiger partial charge on any atom is -0.331 e. The number of aryl methyl sites for hydroxylation is 2. The first-order valence-corrected chi connectivity index (χ1v) is 14.6. The Labute approximate surface area is 203 Å². The lowest BCUT2D eigenvalue weighted by Crippen LogP contribution is -2.32. The summed E-state index contributed by atoms with van der Waals surface area (Å²) >= 11 is 0. The Hall–Kier alpha value is -2.12. The molecule has 1 aliphatic rings. The molecule has 1 aliphatic carbocycles. The van der Waals surface area contributed by atoms with Crippen LogP contribution in [0.15, 0.2) is 60.7 Å². The monoisotopic (exact) mass is 527 g/mol. The van der Waals surface area contributed by atoms with Crippen molar-refractivity contribution in [2.75, 3.05) is 17.2 Å². The predicted octanol–water partition coefficient (Wildman–Crippen LogP) is 5.34. The first-order chi connectivity index (χ1) is 16.2. The largest absolute Gasteiger partial charge is 0.331 e. The molecule has 0 saturated carbocycles. The number of rotatable bonds is 9. The van der Waals surface area contributed by atoms with E-state index in [-0.39, 0.29) is 12.8 Å². The lowest BCUT2D eigenvalue weighted by atomic mass is 9.78. The topological polar surface area (TPSA) is 118 Å². The highest BCUT2D eigenvalue weighted by molar-refractivity contribution is 7.52. The zero-order chi connectivity index (χ0) is 26.0. The Bertz CT molecular complexity index is 1140. The highest BCUT2D eigenvalue weighted by atomic mass is 31.2. The van der Waals surface area contributed by atoms with Crippen LogP contribution >= 0.6 is 15.2 Å². The van der Waals surface area contributed by atoms with E-state index >= 15 is 0 Å². The van der Waals surface area contributed by atoms with E-state index in [0.717, 1.165) is 0 Å². The molecule has 11 heteroatoms. The first kappa shape index (κ1) is 27.5. The summed E-state index contributed by atoms with van der Waals surface area (Å²) in [6, 6.07) is 8.82. The van der Waals surface area contributed by atoms with Crippen LogP contribution in [0.3, 0.4) is 0 Å². The van der Waals surface area contributed by atoms with Crippen molar-refractivity contribution in [1.82, 2.24) is 0 Å². The Kier molecular flexibility index (Phi) is 8.22. The summed E-state index contributed by atoms with van der Waals surface area (Å²) in [6.45, 7) is 3.26. The molecule has 0 amide bonds. The predicted molar refractivity (Wildman–Crippen MR) is 132 cm³/mol. The van der Waals surface area contributed by atoms with Crippen molar-refractivity contribution in [3.8, 4) is 0 Å². The normalized spacial score (nSPS) is 16.0. The number of allylic oxidation sites excluding steroid dienone is 2. The summed E-state index contributed by atoms with van der Waals surface area (Å²) in [5, 5.41) is 0. The average molecular weight is 527 g/mol. The van der Waals surface area contributed by atoms with Crippen LogP contribution in [0.1, 0.15) is 24.0 Å². The minimum absolute atomic E-state index is 0.0185. The molecule has 3 rings (SSSR count). The molecule has 0 fully saturated rings. The van der Waals surface area contributed by atoms with Crippen LogP contribution < -0.4 is 4.90 Å². The van der Waals surface area contributed by atoms with E-state index in [1.807, 2.05) is 0 Å². The molecular weight excluding hydrogens is 498 g/mol. The highest BCUT2D eigenvalue weighted by Crippen LogP contribution is 2.47. The maximum atomic E-state index is 14.4. The van der Waals surface area contributed by atoms with Gasteiger partial charge in [-0.1, -0.05) is 36.4 Å². The molecule has 0 heterocycles. The number of benzene rings is 2. The Morgan fingerprint density at radius 2 is 1.20 bits per heavy atom. The first-order valence-electron chi connectivity index (χ1n) is 11.0. The van der Waals surface area contributed by atoms with Gasteiger partial charge >= 0.3 is 15.2 Å². The fourth-order valence-corrected chi connectivity index (χ4v) is 5.41. The molecule has 0 atom stereocenters. The molecule has 35 heavy (non-hydrogen) atoms. The fourth-order valence-electron chi connectivity index (χ4n) is 3.99. The summed E-state index contributed by atoms with van der Waals surface area (Å²) in [5.41, 5.74) is 0.851. The van der Waals surface area contributed by atoms with Crippen LogP contribution in [-0.2, 0) is 9.13 Å². The number of nitrogens with zero attached hydrogens (tertiary/aromatic N) is 1. The molecule has 2 aromatic carbocycles. The van der Waals surface area contributed by atoms with E-state index < -0.39 is 50.6 Å². The number of hydrogen-bond acceptors (Lipinski definition) is 3. The summed E-state index contributed by atoms with van der Waals surface area (Å²) in [6.07, 6.45) is 5.83. The third kappa shape index (κ3) is 7.43. The third-order valence-corrected chi connectivity index (χ3v) is 7.77. The fraction of sp³-hybridized carbons (Fsp3) is 0.333. The maximum Gasteiger partial charge on any atom is 0.325 e. The quantitative estimate of drug-likeness (QED) is 0.257. The van der Waals surface area contributed by atoms with Gasteiger partial charge in [0.25, 0.3) is 0 Å². The molecule has 4 N–H and O–H groups in total. The number of hydrogen-bond donors (Lipinski definition) is 4. The van der Waals surface area contributed by atoms with Gasteiger partial charge < -0.3 is 24.5 Å². The lowest BCUT2D eigenvalue weighted by Gasteiger charge is -2.36. The van der Waals surface area contributed by atoms with Crippen molar-refractivity contribution >= 4 is 26.6 Å². The van der Waals surface area contributed by atoms with Crippen molar-refractivity contribution in [3.63, 3.8) is 0 Å². The molecule has 190 valence electrons.